The van der Waals surface area contributed by atoms with Crippen molar-refractivity contribution in [1.29, 1.82) is 0 Å². The predicted octanol–water partition coefficient (Wildman–Crippen LogP) is 11.2. The van der Waals surface area contributed by atoms with Gasteiger partial charge in [-0.05, 0) is 155 Å². The van der Waals surface area contributed by atoms with Crippen molar-refractivity contribution < 1.29 is 62.1 Å². The molecule has 0 unspecified atom stereocenters. The summed E-state index contributed by atoms with van der Waals surface area (Å²) in [6, 6.07) is 51.2. The summed E-state index contributed by atoms with van der Waals surface area (Å²) in [7, 11) is 0. The molecular weight excluding hydrogens is 1350 g/mol. The Balaban J connectivity index is 0.678. The number of hydrogen-bond acceptors (Lipinski definition) is 14. The Labute approximate surface area is 618 Å². The number of alkyl carbamates (subject to hydrolysis) is 2. The van der Waals surface area contributed by atoms with Gasteiger partial charge in [-0.25, -0.2) is 24.0 Å². The predicted molar refractivity (Wildman–Crippen MR) is 404 cm³/mol. The first-order valence-corrected chi connectivity index (χ1v) is 36.7. The standard InChI is InChI=1S/C82H97N11O13/c1-53(2)74(91-76(96)72(88-54(3)94)35-16-17-42-86-80(100)104-50-69-63-29-10-4-23-57(63)58-24-5-11-30-64(58)69)77(97)90-73(36-20-43-85-78(84)98)75(95)89-56-39-37-55(38-40-56)49-103-79(99)87-44-22-48-93(82(102)106-52-71-67-33-14-8-27-61(67)62-28-9-15-34-68(62)71)46-19-18-45-92(47-21-41-83)81(101)105-51-70-65-31-12-6-25-59(65)60-26-7-13-32-66(60)70/h4-15,23-34,37-40,53,69-74H,16-22,35-36,41-52,83H2,1-3H3,(H,86,100)(H,87,99)(H,88,94)(H,89,95)(H,90,97)(H,91,96)(H3,84,85,98)/t72-,73-,74-/m0/s1. The summed E-state index contributed by atoms with van der Waals surface area (Å²) in [5.41, 5.74) is 25.5. The van der Waals surface area contributed by atoms with Gasteiger partial charge >= 0.3 is 30.4 Å². The molecule has 0 bridgehead atoms. The molecule has 558 valence electrons. The highest BCUT2D eigenvalue weighted by molar-refractivity contribution is 5.99. The number of nitrogens with zero attached hydrogens (tertiary/aromatic N) is 2. The van der Waals surface area contributed by atoms with Crippen LogP contribution in [0.25, 0.3) is 33.4 Å². The molecule has 0 saturated carbocycles. The third kappa shape index (κ3) is 20.8. The number of carbonyl (C=O) groups excluding carboxylic acids is 9. The molecule has 7 aromatic rings. The van der Waals surface area contributed by atoms with Crippen LogP contribution in [0.2, 0.25) is 0 Å². The average Bonchev–Trinajstić information content (AvgIpc) is 1.63. The van der Waals surface area contributed by atoms with E-state index >= 15 is 0 Å². The zero-order chi connectivity index (χ0) is 74.9. The fraction of sp³-hybridized carbons (Fsp3) is 0.378. The van der Waals surface area contributed by atoms with Gasteiger partial charge in [-0.1, -0.05) is 172 Å². The van der Waals surface area contributed by atoms with Crippen LogP contribution in [0, 0.1) is 5.92 Å². The van der Waals surface area contributed by atoms with Gasteiger partial charge < -0.3 is 77.4 Å². The fourth-order valence-corrected chi connectivity index (χ4v) is 14.1. The summed E-state index contributed by atoms with van der Waals surface area (Å²) in [6.45, 7) is 7.35. The maximum Gasteiger partial charge on any atom is 0.409 e. The number of urea groups is 1. The first-order chi connectivity index (χ1) is 51.5. The molecule has 0 radical (unpaired) electrons. The van der Waals surface area contributed by atoms with Gasteiger partial charge in [0.25, 0.3) is 0 Å². The molecule has 3 aliphatic carbocycles. The summed E-state index contributed by atoms with van der Waals surface area (Å²) >= 11 is 0. The van der Waals surface area contributed by atoms with E-state index in [-0.39, 0.29) is 89.6 Å². The number of nitrogens with two attached hydrogens (primary N) is 2. The van der Waals surface area contributed by atoms with Gasteiger partial charge in [0.1, 0.15) is 44.6 Å². The Morgan fingerprint density at radius 2 is 0.811 bits per heavy atom. The van der Waals surface area contributed by atoms with Gasteiger partial charge in [0.15, 0.2) is 0 Å². The van der Waals surface area contributed by atoms with Crippen molar-refractivity contribution in [3.63, 3.8) is 0 Å². The van der Waals surface area contributed by atoms with Crippen LogP contribution in [-0.4, -0.2) is 154 Å². The van der Waals surface area contributed by atoms with E-state index < -0.39 is 78.1 Å². The summed E-state index contributed by atoms with van der Waals surface area (Å²) in [4.78, 5) is 123. The largest absolute Gasteiger partial charge is 0.449 e. The van der Waals surface area contributed by atoms with E-state index in [0.717, 1.165) is 66.8 Å². The molecule has 0 spiro atoms. The molecule has 7 aromatic carbocycles. The molecule has 11 N–H and O–H groups in total. The van der Waals surface area contributed by atoms with E-state index in [2.05, 4.69) is 97.9 Å². The van der Waals surface area contributed by atoms with E-state index in [1.54, 1.807) is 47.9 Å². The molecule has 24 heteroatoms. The minimum atomic E-state index is -1.15. The van der Waals surface area contributed by atoms with Crippen LogP contribution in [-0.2, 0) is 44.7 Å². The number of amides is 10. The Kier molecular flexibility index (Phi) is 28.1. The number of anilines is 1. The van der Waals surface area contributed by atoms with Crippen LogP contribution < -0.4 is 48.7 Å². The molecule has 10 amide bonds. The van der Waals surface area contributed by atoms with Crippen molar-refractivity contribution >= 4 is 59.7 Å². The topological polar surface area (TPSA) is 333 Å². The number of ether oxygens (including phenoxy) is 4. The fourth-order valence-electron chi connectivity index (χ4n) is 14.1. The van der Waals surface area contributed by atoms with Crippen LogP contribution in [0.1, 0.15) is 135 Å². The highest BCUT2D eigenvalue weighted by atomic mass is 16.6. The number of unbranched alkanes of at least 4 members (excludes halogenated alkanes) is 2. The molecule has 3 atom stereocenters. The maximum atomic E-state index is 14.1. The van der Waals surface area contributed by atoms with E-state index in [9.17, 15) is 43.2 Å². The van der Waals surface area contributed by atoms with Gasteiger partial charge in [-0.2, -0.15) is 0 Å². The lowest BCUT2D eigenvalue weighted by molar-refractivity contribution is -0.133. The van der Waals surface area contributed by atoms with Crippen LogP contribution >= 0.6 is 0 Å². The quantitative estimate of drug-likeness (QED) is 0.0129. The van der Waals surface area contributed by atoms with Crippen LogP contribution in [0.15, 0.2) is 170 Å². The van der Waals surface area contributed by atoms with Gasteiger partial charge in [-0.3, -0.25) is 19.2 Å². The van der Waals surface area contributed by atoms with Crippen LogP contribution in [0.4, 0.5) is 29.7 Å². The number of fused-ring (bicyclic) bond motifs is 9. The number of hydrogen-bond donors (Lipinski definition) is 9. The Morgan fingerprint density at radius 1 is 0.415 bits per heavy atom. The number of benzene rings is 7. The summed E-state index contributed by atoms with van der Waals surface area (Å²) < 4.78 is 23.4. The number of carbonyl (C=O) groups is 9. The monoisotopic (exact) mass is 1440 g/mol. The van der Waals surface area contributed by atoms with Gasteiger partial charge in [-0.15, -0.1) is 0 Å². The minimum absolute atomic E-state index is 0.0615. The highest BCUT2D eigenvalue weighted by Gasteiger charge is 2.35. The molecule has 0 heterocycles. The SMILES string of the molecule is CC(=O)N[C@@H](CCCCNC(=O)OCC1c2ccccc2-c2ccccc21)C(=O)N[C@H](C(=O)N[C@@H](CCCNC(N)=O)C(=O)Nc1ccc(COC(=O)NCCCN(CCCCN(CCCN)C(=O)OCC2c3ccccc3-c3ccccc32)C(=O)OCC2c3ccccc3-c3ccccc32)cc1)C(C)C. The first kappa shape index (κ1) is 77.3. The average molecular weight is 1440 g/mol. The molecule has 3 aliphatic rings. The zero-order valence-electron chi connectivity index (χ0n) is 60.4. The third-order valence-corrected chi connectivity index (χ3v) is 19.5. The zero-order valence-corrected chi connectivity index (χ0v) is 60.4. The Morgan fingerprint density at radius 3 is 1.25 bits per heavy atom. The van der Waals surface area contributed by atoms with E-state index in [0.29, 0.717) is 76.0 Å². The van der Waals surface area contributed by atoms with Gasteiger partial charge in [0.2, 0.25) is 23.6 Å². The summed E-state index contributed by atoms with van der Waals surface area (Å²) in [6.07, 6.45) is 1.20. The lowest BCUT2D eigenvalue weighted by atomic mass is 9.98. The molecular formula is C82H97N11O13. The summed E-state index contributed by atoms with van der Waals surface area (Å²) in [5, 5.41) is 19.1. The maximum absolute atomic E-state index is 14.1. The smallest absolute Gasteiger partial charge is 0.409 e. The molecule has 0 saturated heterocycles. The number of rotatable bonds is 37. The Bertz CT molecular complexity index is 4070. The van der Waals surface area contributed by atoms with Crippen molar-refractivity contribution in [2.45, 2.75) is 121 Å². The lowest BCUT2D eigenvalue weighted by Gasteiger charge is -2.27. The first-order valence-electron chi connectivity index (χ1n) is 36.7. The molecule has 0 fully saturated rings. The van der Waals surface area contributed by atoms with Crippen molar-refractivity contribution in [2.24, 2.45) is 17.4 Å². The highest BCUT2D eigenvalue weighted by Crippen LogP contribution is 2.47. The third-order valence-electron chi connectivity index (χ3n) is 19.5. The molecule has 0 aromatic heterocycles. The van der Waals surface area contributed by atoms with Crippen LogP contribution in [0.3, 0.4) is 0 Å². The van der Waals surface area contributed by atoms with E-state index in [4.69, 9.17) is 30.4 Å². The van der Waals surface area contributed by atoms with Crippen molar-refractivity contribution in [1.82, 2.24) is 41.7 Å². The minimum Gasteiger partial charge on any atom is -0.449 e. The number of primary amides is 1. The second-order valence-electron chi connectivity index (χ2n) is 27.2. The normalized spacial score (nSPS) is 13.2. The molecule has 10 rings (SSSR count). The van der Waals surface area contributed by atoms with E-state index in [1.807, 2.05) is 84.9 Å². The van der Waals surface area contributed by atoms with Crippen molar-refractivity contribution in [2.75, 3.05) is 77.5 Å². The van der Waals surface area contributed by atoms with Crippen molar-refractivity contribution in [3.05, 3.63) is 209 Å². The molecule has 106 heavy (non-hydrogen) atoms. The lowest BCUT2D eigenvalue weighted by Crippen LogP contribution is -2.57. The second kappa shape index (κ2) is 38.5. The van der Waals surface area contributed by atoms with Crippen molar-refractivity contribution in [3.8, 4) is 33.4 Å². The number of nitrogens with one attached hydrogen (secondary N) is 7. The van der Waals surface area contributed by atoms with Crippen LogP contribution in [0.5, 0.6) is 0 Å². The van der Waals surface area contributed by atoms with E-state index in [1.165, 1.54) is 6.92 Å². The second-order valence-corrected chi connectivity index (χ2v) is 27.2. The Hall–Kier alpha value is -11.3. The van der Waals surface area contributed by atoms with Gasteiger partial charge in [0.05, 0.1) is 0 Å². The molecule has 24 nitrogen and oxygen atoms in total. The summed E-state index contributed by atoms with van der Waals surface area (Å²) in [5.74, 6) is -3.16. The van der Waals surface area contributed by atoms with Gasteiger partial charge in [0, 0.05) is 76.2 Å². The molecule has 0 aliphatic heterocycles.